The molecule has 2 nitrogen and oxygen atoms in total. The summed E-state index contributed by atoms with van der Waals surface area (Å²) in [6.07, 6.45) is 6.29. The summed E-state index contributed by atoms with van der Waals surface area (Å²) in [6.45, 7) is 0. The van der Waals surface area contributed by atoms with Gasteiger partial charge in [0.05, 0.1) is 6.04 Å². The lowest BCUT2D eigenvalue weighted by Gasteiger charge is -2.20. The van der Waals surface area contributed by atoms with Crippen molar-refractivity contribution in [2.75, 3.05) is 7.05 Å². The number of fused-ring (bicyclic) bond motifs is 2. The second-order valence-corrected chi connectivity index (χ2v) is 3.87. The molecule has 11 heavy (non-hydrogen) atoms. The number of carbonyl (C=O) groups is 1. The number of hydrogen-bond donors (Lipinski definition) is 0. The molecule has 3 unspecified atom stereocenters. The summed E-state index contributed by atoms with van der Waals surface area (Å²) in [5.74, 6) is 0.677. The molecule has 0 N–H and O–H groups in total. The van der Waals surface area contributed by atoms with Gasteiger partial charge in [-0.05, 0) is 32.2 Å². The Morgan fingerprint density at radius 2 is 2.27 bits per heavy atom. The normalized spacial score (nSPS) is 44.3. The van der Waals surface area contributed by atoms with E-state index in [0.29, 0.717) is 12.0 Å². The van der Waals surface area contributed by atoms with Crippen molar-refractivity contribution in [3.8, 4) is 0 Å². The number of likely N-dealkylation sites (N-methyl/N-ethyl adjacent to an activating group) is 1. The first-order chi connectivity index (χ1) is 5.33. The van der Waals surface area contributed by atoms with Crippen molar-refractivity contribution in [2.45, 2.75) is 37.8 Å². The van der Waals surface area contributed by atoms with Crippen molar-refractivity contribution in [3.63, 3.8) is 0 Å². The maximum Gasteiger partial charge on any atom is 0.137 e. The summed E-state index contributed by atoms with van der Waals surface area (Å²) >= 11 is 0. The van der Waals surface area contributed by atoms with E-state index in [2.05, 4.69) is 11.9 Å². The van der Waals surface area contributed by atoms with Crippen molar-refractivity contribution in [3.05, 3.63) is 0 Å². The first kappa shape index (κ1) is 7.29. The summed E-state index contributed by atoms with van der Waals surface area (Å²) < 4.78 is 0. The molecule has 1 aliphatic heterocycles. The lowest BCUT2D eigenvalue weighted by atomic mass is 9.87. The van der Waals surface area contributed by atoms with Crippen molar-refractivity contribution in [1.82, 2.24) is 4.90 Å². The number of rotatable bonds is 1. The van der Waals surface area contributed by atoms with Crippen molar-refractivity contribution in [1.29, 1.82) is 0 Å². The zero-order valence-electron chi connectivity index (χ0n) is 6.99. The molecule has 0 aromatic heterocycles. The zero-order valence-corrected chi connectivity index (χ0v) is 6.99. The van der Waals surface area contributed by atoms with Gasteiger partial charge in [-0.25, -0.2) is 0 Å². The second-order valence-electron chi connectivity index (χ2n) is 3.87. The lowest BCUT2D eigenvalue weighted by molar-refractivity contribution is -0.112. The molecule has 2 aliphatic rings. The minimum Gasteiger partial charge on any atom is -0.302 e. The van der Waals surface area contributed by atoms with Gasteiger partial charge in [0, 0.05) is 6.04 Å². The number of hydrogen-bond acceptors (Lipinski definition) is 2. The van der Waals surface area contributed by atoms with E-state index >= 15 is 0 Å². The van der Waals surface area contributed by atoms with E-state index in [0.717, 1.165) is 6.29 Å². The molecule has 2 fully saturated rings. The van der Waals surface area contributed by atoms with Gasteiger partial charge in [-0.1, -0.05) is 6.42 Å². The van der Waals surface area contributed by atoms with Crippen LogP contribution in [0.5, 0.6) is 0 Å². The standard InChI is InChI=1S/C9H15NO/c1-10-8-4-2-3-7(5-8)9(10)6-11/h6-9H,2-5H2,1H3. The molecule has 3 atom stereocenters. The monoisotopic (exact) mass is 153 g/mol. The first-order valence-corrected chi connectivity index (χ1v) is 4.50. The maximum absolute atomic E-state index is 10.7. The average Bonchev–Trinajstić information content (AvgIpc) is 2.25. The fourth-order valence-corrected chi connectivity index (χ4v) is 2.66. The molecule has 1 aliphatic carbocycles. The smallest absolute Gasteiger partial charge is 0.137 e. The third-order valence-corrected chi connectivity index (χ3v) is 3.36. The van der Waals surface area contributed by atoms with Crippen molar-refractivity contribution in [2.24, 2.45) is 5.92 Å². The molecule has 0 spiro atoms. The highest BCUT2D eigenvalue weighted by atomic mass is 16.1. The maximum atomic E-state index is 10.7. The van der Waals surface area contributed by atoms with E-state index in [1.165, 1.54) is 25.7 Å². The van der Waals surface area contributed by atoms with Crippen LogP contribution in [0.3, 0.4) is 0 Å². The molecule has 1 saturated heterocycles. The average molecular weight is 153 g/mol. The predicted octanol–water partition coefficient (Wildman–Crippen LogP) is 1.06. The van der Waals surface area contributed by atoms with E-state index in [-0.39, 0.29) is 6.04 Å². The minimum absolute atomic E-state index is 0.238. The summed E-state index contributed by atoms with van der Waals surface area (Å²) in [7, 11) is 2.09. The Kier molecular flexibility index (Phi) is 1.72. The van der Waals surface area contributed by atoms with Crippen LogP contribution < -0.4 is 0 Å². The van der Waals surface area contributed by atoms with Gasteiger partial charge in [-0.15, -0.1) is 0 Å². The quantitative estimate of drug-likeness (QED) is 0.525. The van der Waals surface area contributed by atoms with Crippen LogP contribution in [0.2, 0.25) is 0 Å². The molecule has 2 heteroatoms. The largest absolute Gasteiger partial charge is 0.302 e. The number of nitrogens with zero attached hydrogens (tertiary/aromatic N) is 1. The van der Waals surface area contributed by atoms with Crippen LogP contribution in [0.25, 0.3) is 0 Å². The lowest BCUT2D eigenvalue weighted by Crippen LogP contribution is -2.33. The van der Waals surface area contributed by atoms with Crippen molar-refractivity contribution >= 4 is 6.29 Å². The second kappa shape index (κ2) is 2.59. The molecule has 1 heterocycles. The van der Waals surface area contributed by atoms with Gasteiger partial charge >= 0.3 is 0 Å². The third kappa shape index (κ3) is 1.00. The molecule has 0 aromatic rings. The summed E-state index contributed by atoms with van der Waals surface area (Å²) in [4.78, 5) is 13.0. The molecule has 0 radical (unpaired) electrons. The Morgan fingerprint density at radius 1 is 1.45 bits per heavy atom. The van der Waals surface area contributed by atoms with Crippen LogP contribution in [0.4, 0.5) is 0 Å². The Labute approximate surface area is 67.6 Å². The van der Waals surface area contributed by atoms with Gasteiger partial charge in [0.2, 0.25) is 0 Å². The Morgan fingerprint density at radius 3 is 2.91 bits per heavy atom. The third-order valence-electron chi connectivity index (χ3n) is 3.36. The Bertz CT molecular complexity index is 167. The molecule has 0 amide bonds. The first-order valence-electron chi connectivity index (χ1n) is 4.50. The summed E-state index contributed by atoms with van der Waals surface area (Å²) in [5.41, 5.74) is 0. The van der Waals surface area contributed by atoms with Crippen LogP contribution in [0.15, 0.2) is 0 Å². The molecule has 0 aromatic carbocycles. The number of carbonyl (C=O) groups excluding carboxylic acids is 1. The molecule has 2 bridgehead atoms. The highest BCUT2D eigenvalue weighted by molar-refractivity contribution is 5.59. The highest BCUT2D eigenvalue weighted by Gasteiger charge is 2.40. The molecule has 1 saturated carbocycles. The van der Waals surface area contributed by atoms with Gasteiger partial charge in [-0.2, -0.15) is 0 Å². The predicted molar refractivity (Wildman–Crippen MR) is 43.4 cm³/mol. The van der Waals surface area contributed by atoms with E-state index in [1.807, 2.05) is 0 Å². The van der Waals surface area contributed by atoms with E-state index in [1.54, 1.807) is 0 Å². The van der Waals surface area contributed by atoms with E-state index in [4.69, 9.17) is 0 Å². The van der Waals surface area contributed by atoms with Gasteiger partial charge in [-0.3, -0.25) is 4.90 Å². The number of likely N-dealkylation sites (tertiary alicyclic amines) is 1. The van der Waals surface area contributed by atoms with E-state index < -0.39 is 0 Å². The molecular weight excluding hydrogens is 138 g/mol. The summed E-state index contributed by atoms with van der Waals surface area (Å²) in [6, 6.07) is 0.950. The topological polar surface area (TPSA) is 20.3 Å². The SMILES string of the molecule is CN1C2CCCC(C2)C1C=O. The number of aldehydes is 1. The van der Waals surface area contributed by atoms with Crippen LogP contribution >= 0.6 is 0 Å². The van der Waals surface area contributed by atoms with Crippen molar-refractivity contribution < 1.29 is 4.79 Å². The molecular formula is C9H15NO. The Balaban J connectivity index is 2.16. The fourth-order valence-electron chi connectivity index (χ4n) is 2.66. The minimum atomic E-state index is 0.238. The van der Waals surface area contributed by atoms with Crippen LogP contribution in [0, 0.1) is 5.92 Å². The molecule has 62 valence electrons. The van der Waals surface area contributed by atoms with Gasteiger partial charge in [0.15, 0.2) is 0 Å². The van der Waals surface area contributed by atoms with Crippen LogP contribution in [-0.2, 0) is 4.79 Å². The van der Waals surface area contributed by atoms with Gasteiger partial charge in [0.25, 0.3) is 0 Å². The van der Waals surface area contributed by atoms with Crippen LogP contribution in [-0.4, -0.2) is 30.3 Å². The highest BCUT2D eigenvalue weighted by Crippen LogP contribution is 2.38. The van der Waals surface area contributed by atoms with Gasteiger partial charge in [0.1, 0.15) is 6.29 Å². The van der Waals surface area contributed by atoms with Crippen LogP contribution in [0.1, 0.15) is 25.7 Å². The fraction of sp³-hybridized carbons (Fsp3) is 0.889. The molecule has 2 rings (SSSR count). The van der Waals surface area contributed by atoms with Gasteiger partial charge < -0.3 is 4.79 Å². The zero-order chi connectivity index (χ0) is 7.84. The Hall–Kier alpha value is -0.370. The van der Waals surface area contributed by atoms with E-state index in [9.17, 15) is 4.79 Å². The summed E-state index contributed by atoms with van der Waals surface area (Å²) in [5, 5.41) is 0.